The van der Waals surface area contributed by atoms with Crippen LogP contribution in [-0.2, 0) is 0 Å². The van der Waals surface area contributed by atoms with Crippen LogP contribution in [0.2, 0.25) is 0 Å². The molecule has 0 unspecified atom stereocenters. The molecule has 1 saturated heterocycles. The Balaban J connectivity index is 1.57. The molecule has 0 radical (unpaired) electrons. The predicted octanol–water partition coefficient (Wildman–Crippen LogP) is 2.06. The first-order valence-electron chi connectivity index (χ1n) is 8.02. The highest BCUT2D eigenvalue weighted by molar-refractivity contribution is 5.96. The van der Waals surface area contributed by atoms with Crippen molar-refractivity contribution in [2.24, 2.45) is 0 Å². The molecule has 1 aliphatic heterocycles. The molecular weight excluding hydrogens is 304 g/mol. The number of carbonyl (C=O) groups excluding carboxylic acids is 2. The van der Waals surface area contributed by atoms with Gasteiger partial charge in [0, 0.05) is 17.3 Å². The maximum Gasteiger partial charge on any atom is 0.322 e. The van der Waals surface area contributed by atoms with E-state index < -0.39 is 0 Å². The number of hydrogen-bond donors (Lipinski definition) is 1. The Bertz CT molecular complexity index is 725. The third kappa shape index (κ3) is 3.71. The normalized spacial score (nSPS) is 14.4. The number of ketones is 1. The Hall–Kier alpha value is -2.89. The van der Waals surface area contributed by atoms with Gasteiger partial charge in [-0.2, -0.15) is 0 Å². The number of benzene rings is 1. The minimum Gasteiger partial charge on any atom is -0.317 e. The number of aromatic amines is 1. The predicted molar refractivity (Wildman–Crippen MR) is 92.2 cm³/mol. The summed E-state index contributed by atoms with van der Waals surface area (Å²) in [4.78, 5) is 31.0. The number of H-pyrrole nitrogens is 1. The van der Waals surface area contributed by atoms with Gasteiger partial charge in [-0.15, -0.1) is 0 Å². The summed E-state index contributed by atoms with van der Waals surface area (Å²) in [5.41, 5.74) is 1.24. The molecule has 6 nitrogen and oxygen atoms in total. The van der Waals surface area contributed by atoms with E-state index in [-0.39, 0.29) is 11.8 Å². The SMILES string of the molecule is CC(=O)c1cccc(NC(=O)N2CCN(c3cccc[nH+]3)CC2)c1. The van der Waals surface area contributed by atoms with E-state index in [0.717, 1.165) is 18.9 Å². The van der Waals surface area contributed by atoms with E-state index in [2.05, 4.69) is 15.2 Å². The van der Waals surface area contributed by atoms with Crippen LogP contribution in [0.4, 0.5) is 16.3 Å². The lowest BCUT2D eigenvalue weighted by molar-refractivity contribution is -0.364. The second-order valence-electron chi connectivity index (χ2n) is 5.79. The van der Waals surface area contributed by atoms with Crippen molar-refractivity contribution in [1.29, 1.82) is 0 Å². The zero-order chi connectivity index (χ0) is 16.9. The number of nitrogens with zero attached hydrogens (tertiary/aromatic N) is 2. The number of urea groups is 1. The molecule has 1 aromatic heterocycles. The zero-order valence-electron chi connectivity index (χ0n) is 13.7. The van der Waals surface area contributed by atoms with Crippen molar-refractivity contribution in [1.82, 2.24) is 4.90 Å². The van der Waals surface area contributed by atoms with Gasteiger partial charge < -0.3 is 10.2 Å². The number of piperazine rings is 1. The fourth-order valence-electron chi connectivity index (χ4n) is 2.75. The monoisotopic (exact) mass is 325 g/mol. The van der Waals surface area contributed by atoms with Crippen LogP contribution >= 0.6 is 0 Å². The minimum absolute atomic E-state index is 0.0150. The zero-order valence-corrected chi connectivity index (χ0v) is 13.7. The van der Waals surface area contributed by atoms with Crippen LogP contribution in [0.1, 0.15) is 17.3 Å². The fraction of sp³-hybridized carbons (Fsp3) is 0.278. The summed E-state index contributed by atoms with van der Waals surface area (Å²) in [5.74, 6) is 1.05. The van der Waals surface area contributed by atoms with Crippen molar-refractivity contribution in [3.8, 4) is 0 Å². The molecule has 24 heavy (non-hydrogen) atoms. The quantitative estimate of drug-likeness (QED) is 0.879. The molecular formula is C18H21N4O2+. The Morgan fingerprint density at radius 2 is 1.83 bits per heavy atom. The molecule has 1 aliphatic rings. The van der Waals surface area contributed by atoms with Gasteiger partial charge in [0.25, 0.3) is 5.82 Å². The van der Waals surface area contributed by atoms with E-state index >= 15 is 0 Å². The van der Waals surface area contributed by atoms with Gasteiger partial charge in [-0.05, 0) is 25.1 Å². The summed E-state index contributed by atoms with van der Waals surface area (Å²) >= 11 is 0. The molecule has 2 aromatic rings. The van der Waals surface area contributed by atoms with Gasteiger partial charge in [-0.25, -0.2) is 9.78 Å². The maximum atomic E-state index is 12.4. The van der Waals surface area contributed by atoms with Gasteiger partial charge in [0.2, 0.25) is 0 Å². The minimum atomic E-state index is -0.132. The van der Waals surface area contributed by atoms with Crippen molar-refractivity contribution in [2.75, 3.05) is 36.4 Å². The van der Waals surface area contributed by atoms with E-state index in [1.807, 2.05) is 24.4 Å². The molecule has 2 N–H and O–H groups in total. The summed E-state index contributed by atoms with van der Waals surface area (Å²) in [6.07, 6.45) is 1.90. The second-order valence-corrected chi connectivity index (χ2v) is 5.79. The largest absolute Gasteiger partial charge is 0.322 e. The van der Waals surface area contributed by atoms with Crippen LogP contribution in [0, 0.1) is 0 Å². The molecule has 6 heteroatoms. The Kier molecular flexibility index (Phi) is 4.74. The summed E-state index contributed by atoms with van der Waals surface area (Å²) in [7, 11) is 0. The summed E-state index contributed by atoms with van der Waals surface area (Å²) in [6.45, 7) is 4.38. The summed E-state index contributed by atoms with van der Waals surface area (Å²) in [5, 5.41) is 2.87. The van der Waals surface area contributed by atoms with Gasteiger partial charge in [0.15, 0.2) is 5.78 Å². The van der Waals surface area contributed by atoms with Gasteiger partial charge in [-0.1, -0.05) is 18.2 Å². The molecule has 2 heterocycles. The first-order chi connectivity index (χ1) is 11.6. The van der Waals surface area contributed by atoms with Crippen molar-refractivity contribution in [2.45, 2.75) is 6.92 Å². The Labute approximate surface area is 141 Å². The van der Waals surface area contributed by atoms with E-state index in [0.29, 0.717) is 24.3 Å². The van der Waals surface area contributed by atoms with Crippen LogP contribution in [0.15, 0.2) is 48.7 Å². The van der Waals surface area contributed by atoms with E-state index in [9.17, 15) is 9.59 Å². The van der Waals surface area contributed by atoms with Crippen LogP contribution in [0.25, 0.3) is 0 Å². The third-order valence-electron chi connectivity index (χ3n) is 4.12. The number of anilines is 2. The number of nitrogens with one attached hydrogen (secondary N) is 2. The van der Waals surface area contributed by atoms with Gasteiger partial charge in [0.05, 0.1) is 19.3 Å². The topological polar surface area (TPSA) is 66.8 Å². The fourth-order valence-corrected chi connectivity index (χ4v) is 2.75. The van der Waals surface area contributed by atoms with Crippen molar-refractivity contribution >= 4 is 23.3 Å². The second kappa shape index (κ2) is 7.12. The molecule has 3 rings (SSSR count). The Morgan fingerprint density at radius 1 is 1.04 bits per heavy atom. The molecule has 1 aromatic carbocycles. The smallest absolute Gasteiger partial charge is 0.317 e. The van der Waals surface area contributed by atoms with E-state index in [1.165, 1.54) is 6.92 Å². The number of Topliss-reactive ketones (excluding diaryl/α,β-unsaturated/α-hetero) is 1. The number of carbonyl (C=O) groups is 2. The standard InChI is InChI=1S/C18H20N4O2/c1-14(23)15-5-4-6-16(13-15)20-18(24)22-11-9-21(10-12-22)17-7-2-3-8-19-17/h2-8,13H,9-12H2,1H3,(H,20,24)/p+1. The van der Waals surface area contributed by atoms with Crippen molar-refractivity contribution in [3.63, 3.8) is 0 Å². The summed E-state index contributed by atoms with van der Waals surface area (Å²) < 4.78 is 0. The number of amides is 2. The number of pyridine rings is 1. The summed E-state index contributed by atoms with van der Waals surface area (Å²) in [6, 6.07) is 12.8. The van der Waals surface area contributed by atoms with Gasteiger partial charge >= 0.3 is 6.03 Å². The molecule has 0 atom stereocenters. The highest BCUT2D eigenvalue weighted by Crippen LogP contribution is 2.14. The lowest BCUT2D eigenvalue weighted by Gasteiger charge is -2.31. The first kappa shape index (κ1) is 16.0. The van der Waals surface area contributed by atoms with Crippen molar-refractivity contribution in [3.05, 3.63) is 54.2 Å². The van der Waals surface area contributed by atoms with Crippen molar-refractivity contribution < 1.29 is 14.6 Å². The highest BCUT2D eigenvalue weighted by Gasteiger charge is 2.26. The number of hydrogen-bond acceptors (Lipinski definition) is 3. The Morgan fingerprint density at radius 3 is 2.50 bits per heavy atom. The molecule has 2 amide bonds. The first-order valence-corrected chi connectivity index (χ1v) is 8.02. The third-order valence-corrected chi connectivity index (χ3v) is 4.12. The highest BCUT2D eigenvalue weighted by atomic mass is 16.2. The van der Waals surface area contributed by atoms with E-state index in [4.69, 9.17) is 0 Å². The molecule has 0 aliphatic carbocycles. The van der Waals surface area contributed by atoms with Gasteiger partial charge in [-0.3, -0.25) is 9.69 Å². The number of aromatic nitrogens is 1. The molecule has 0 spiro atoms. The average molecular weight is 325 g/mol. The van der Waals surface area contributed by atoms with Gasteiger partial charge in [0.1, 0.15) is 13.1 Å². The van der Waals surface area contributed by atoms with E-state index in [1.54, 1.807) is 29.2 Å². The molecule has 0 bridgehead atoms. The number of rotatable bonds is 3. The van der Waals surface area contributed by atoms with Crippen LogP contribution < -0.4 is 15.2 Å². The lowest BCUT2D eigenvalue weighted by atomic mass is 10.1. The van der Waals surface area contributed by atoms with Crippen LogP contribution in [0.3, 0.4) is 0 Å². The maximum absolute atomic E-state index is 12.4. The molecule has 0 saturated carbocycles. The molecule has 1 fully saturated rings. The molecule has 124 valence electrons. The lowest BCUT2D eigenvalue weighted by Crippen LogP contribution is -2.51. The van der Waals surface area contributed by atoms with Crippen LogP contribution in [-0.4, -0.2) is 42.9 Å². The average Bonchev–Trinajstić information content (AvgIpc) is 2.63. The van der Waals surface area contributed by atoms with Crippen LogP contribution in [0.5, 0.6) is 0 Å².